The normalized spacial score (nSPS) is 15.6. The summed E-state index contributed by atoms with van der Waals surface area (Å²) in [5, 5.41) is 11.3. The van der Waals surface area contributed by atoms with E-state index in [9.17, 15) is 0 Å². The third-order valence-electron chi connectivity index (χ3n) is 8.53. The van der Waals surface area contributed by atoms with Crippen molar-refractivity contribution in [3.8, 4) is 0 Å². The van der Waals surface area contributed by atoms with Gasteiger partial charge in [-0.05, 0) is 88.8 Å². The van der Waals surface area contributed by atoms with Crippen molar-refractivity contribution in [3.63, 3.8) is 0 Å². The molecule has 1 heteroatoms. The Morgan fingerprint density at radius 2 is 1.00 bits per heavy atom. The quantitative estimate of drug-likeness (QED) is 0.151. The van der Waals surface area contributed by atoms with Gasteiger partial charge in [0.05, 0.1) is 5.41 Å². The first-order chi connectivity index (χ1) is 19.3. The van der Waals surface area contributed by atoms with E-state index in [2.05, 4.69) is 155 Å². The molecule has 0 saturated carbocycles. The largest absolute Gasteiger partial charge is 0.0876 e. The van der Waals surface area contributed by atoms with Crippen LogP contribution in [0.4, 0.5) is 0 Å². The zero-order valence-electron chi connectivity index (χ0n) is 21.4. The van der Waals surface area contributed by atoms with Crippen LogP contribution in [0, 0.1) is 0 Å². The second-order valence-corrected chi connectivity index (χ2v) is 11.1. The molecule has 184 valence electrons. The molecule has 6 aromatic rings. The van der Waals surface area contributed by atoms with E-state index in [1.165, 1.54) is 70.6 Å². The van der Waals surface area contributed by atoms with Crippen LogP contribution in [0.2, 0.25) is 0 Å². The van der Waals surface area contributed by atoms with Crippen LogP contribution >= 0.6 is 15.9 Å². The molecule has 0 fully saturated rings. The topological polar surface area (TPSA) is 0 Å². The SMILES string of the molecule is BrCC1=CC(c2ccccc2)(c2ccccc2)C2=c3cc4c5ccccc5c5ccccc5c4cc3=CC2=C1. The first-order valence-electron chi connectivity index (χ1n) is 13.5. The average Bonchev–Trinajstić information content (AvgIpc) is 3.38. The van der Waals surface area contributed by atoms with Crippen LogP contribution in [-0.4, -0.2) is 5.33 Å². The molecule has 0 heterocycles. The molecule has 0 amide bonds. The van der Waals surface area contributed by atoms with Crippen LogP contribution in [0.15, 0.2) is 145 Å². The van der Waals surface area contributed by atoms with Gasteiger partial charge in [0.15, 0.2) is 0 Å². The van der Waals surface area contributed by atoms with Gasteiger partial charge in [-0.25, -0.2) is 0 Å². The second kappa shape index (κ2) is 8.66. The number of allylic oxidation sites excluding steroid dienone is 4. The lowest BCUT2D eigenvalue weighted by molar-refractivity contribution is 0.823. The number of hydrogen-bond acceptors (Lipinski definition) is 0. The van der Waals surface area contributed by atoms with Crippen molar-refractivity contribution in [1.29, 1.82) is 0 Å². The molecule has 39 heavy (non-hydrogen) atoms. The molecule has 0 N–H and O–H groups in total. The minimum absolute atomic E-state index is 0.391. The summed E-state index contributed by atoms with van der Waals surface area (Å²) in [7, 11) is 0. The lowest BCUT2D eigenvalue weighted by Crippen LogP contribution is -2.35. The van der Waals surface area contributed by atoms with E-state index >= 15 is 0 Å². The molecule has 0 aliphatic heterocycles. The highest BCUT2D eigenvalue weighted by Crippen LogP contribution is 2.49. The minimum Gasteiger partial charge on any atom is -0.0876 e. The minimum atomic E-state index is -0.391. The molecular weight excluding hydrogens is 536 g/mol. The monoisotopic (exact) mass is 560 g/mol. The summed E-state index contributed by atoms with van der Waals surface area (Å²) in [4.78, 5) is 0. The van der Waals surface area contributed by atoms with Crippen LogP contribution in [0.3, 0.4) is 0 Å². The van der Waals surface area contributed by atoms with Crippen LogP contribution in [0.5, 0.6) is 0 Å². The van der Waals surface area contributed by atoms with E-state index in [-0.39, 0.29) is 0 Å². The highest BCUT2D eigenvalue weighted by Gasteiger charge is 2.41. The van der Waals surface area contributed by atoms with Gasteiger partial charge in [-0.15, -0.1) is 0 Å². The molecule has 0 saturated heterocycles. The van der Waals surface area contributed by atoms with Crippen molar-refractivity contribution in [2.45, 2.75) is 5.41 Å². The summed E-state index contributed by atoms with van der Waals surface area (Å²) in [5.41, 5.74) is 6.17. The lowest BCUT2D eigenvalue weighted by atomic mass is 9.64. The van der Waals surface area contributed by atoms with Crippen molar-refractivity contribution >= 4 is 59.9 Å². The Hall–Kier alpha value is -4.20. The summed E-state index contributed by atoms with van der Waals surface area (Å²) in [6, 6.07) is 44.6. The maximum absolute atomic E-state index is 3.79. The third kappa shape index (κ3) is 3.23. The number of benzene rings is 6. The molecule has 0 spiro atoms. The van der Waals surface area contributed by atoms with E-state index in [1.54, 1.807) is 0 Å². The number of fused-ring (bicyclic) bond motifs is 8. The first-order valence-corrected chi connectivity index (χ1v) is 14.6. The van der Waals surface area contributed by atoms with E-state index in [0.29, 0.717) is 0 Å². The van der Waals surface area contributed by atoms with E-state index < -0.39 is 5.41 Å². The van der Waals surface area contributed by atoms with Gasteiger partial charge in [-0.2, -0.15) is 0 Å². The van der Waals surface area contributed by atoms with Crippen molar-refractivity contribution in [2.24, 2.45) is 0 Å². The van der Waals surface area contributed by atoms with Gasteiger partial charge >= 0.3 is 0 Å². The van der Waals surface area contributed by atoms with Crippen molar-refractivity contribution in [2.75, 3.05) is 5.33 Å². The molecule has 0 nitrogen and oxygen atoms in total. The second-order valence-electron chi connectivity index (χ2n) is 10.6. The van der Waals surface area contributed by atoms with Crippen molar-refractivity contribution in [1.82, 2.24) is 0 Å². The van der Waals surface area contributed by atoms with Gasteiger partial charge in [0.1, 0.15) is 0 Å². The Bertz CT molecular complexity index is 2090. The number of rotatable bonds is 3. The molecule has 6 aromatic carbocycles. The fraction of sp³-hybridized carbons (Fsp3) is 0.0526. The lowest BCUT2D eigenvalue weighted by Gasteiger charge is -2.38. The third-order valence-corrected chi connectivity index (χ3v) is 9.18. The predicted octanol–water partition coefficient (Wildman–Crippen LogP) is 8.34. The molecule has 2 aliphatic carbocycles. The Labute approximate surface area is 236 Å². The molecule has 0 atom stereocenters. The Balaban J connectivity index is 1.59. The van der Waals surface area contributed by atoms with Gasteiger partial charge in [-0.3, -0.25) is 0 Å². The van der Waals surface area contributed by atoms with Crippen LogP contribution in [0.25, 0.3) is 44.0 Å². The Kier molecular flexibility index (Phi) is 5.05. The zero-order valence-corrected chi connectivity index (χ0v) is 23.0. The van der Waals surface area contributed by atoms with Gasteiger partial charge in [-0.1, -0.05) is 137 Å². The number of alkyl halides is 1. The maximum Gasteiger partial charge on any atom is 0.0650 e. The van der Waals surface area contributed by atoms with E-state index in [4.69, 9.17) is 0 Å². The standard InChI is InChI=1S/C38H25Br/c39-24-25-19-27-20-26-21-35-32-17-9-7-15-30(32)31-16-8-10-18-33(31)36(35)22-34(26)37(27)38(23-25,28-11-3-1-4-12-28)29-13-5-2-6-14-29/h1-23H,24H2. The smallest absolute Gasteiger partial charge is 0.0650 e. The molecule has 2 aliphatic rings. The highest BCUT2D eigenvalue weighted by atomic mass is 79.9. The van der Waals surface area contributed by atoms with Gasteiger partial charge < -0.3 is 0 Å². The van der Waals surface area contributed by atoms with Crippen molar-refractivity contribution < 1.29 is 0 Å². The number of hydrogen-bond donors (Lipinski definition) is 0. The average molecular weight is 562 g/mol. The van der Waals surface area contributed by atoms with Crippen LogP contribution < -0.4 is 10.4 Å². The fourth-order valence-electron chi connectivity index (χ4n) is 6.95. The molecule has 0 radical (unpaired) electrons. The van der Waals surface area contributed by atoms with E-state index in [0.717, 1.165) is 5.33 Å². The predicted molar refractivity (Wildman–Crippen MR) is 170 cm³/mol. The summed E-state index contributed by atoms with van der Waals surface area (Å²) < 4.78 is 0. The summed E-state index contributed by atoms with van der Waals surface area (Å²) in [6.07, 6.45) is 7.26. The molecule has 0 aromatic heterocycles. The van der Waals surface area contributed by atoms with Crippen LogP contribution in [0.1, 0.15) is 11.1 Å². The summed E-state index contributed by atoms with van der Waals surface area (Å²) >= 11 is 3.79. The number of halogens is 1. The van der Waals surface area contributed by atoms with Crippen LogP contribution in [-0.2, 0) is 5.41 Å². The summed E-state index contributed by atoms with van der Waals surface area (Å²) in [5.74, 6) is 0. The van der Waals surface area contributed by atoms with Crippen molar-refractivity contribution in [3.05, 3.63) is 166 Å². The Morgan fingerprint density at radius 1 is 0.513 bits per heavy atom. The summed E-state index contributed by atoms with van der Waals surface area (Å²) in [6.45, 7) is 0. The van der Waals surface area contributed by atoms with Gasteiger partial charge in [0, 0.05) is 5.33 Å². The first kappa shape index (κ1) is 22.8. The Morgan fingerprint density at radius 3 is 1.54 bits per heavy atom. The highest BCUT2D eigenvalue weighted by molar-refractivity contribution is 9.09. The molecule has 0 bridgehead atoms. The molecular formula is C38H25Br. The van der Waals surface area contributed by atoms with Gasteiger partial charge in [0.2, 0.25) is 0 Å². The van der Waals surface area contributed by atoms with E-state index in [1.807, 2.05) is 0 Å². The molecule has 0 unspecified atom stereocenters. The molecule has 8 rings (SSSR count). The zero-order chi connectivity index (χ0) is 26.0. The maximum atomic E-state index is 3.79. The van der Waals surface area contributed by atoms with Gasteiger partial charge in [0.25, 0.3) is 0 Å². The fourth-order valence-corrected chi connectivity index (χ4v) is 7.27.